The summed E-state index contributed by atoms with van der Waals surface area (Å²) >= 11 is 0. The van der Waals surface area contributed by atoms with Gasteiger partial charge in [-0.2, -0.15) is 0 Å². The number of hydrogen-bond donors (Lipinski definition) is 1. The van der Waals surface area contributed by atoms with E-state index in [0.717, 1.165) is 0 Å². The Morgan fingerprint density at radius 2 is 2.31 bits per heavy atom. The van der Waals surface area contributed by atoms with E-state index in [1.54, 1.807) is 13.8 Å². The summed E-state index contributed by atoms with van der Waals surface area (Å²) < 4.78 is 5.26. The predicted molar refractivity (Wildman–Crippen MR) is 45.1 cm³/mol. The van der Waals surface area contributed by atoms with Gasteiger partial charge in [0.25, 0.3) is 0 Å². The molecule has 0 aromatic carbocycles. The Hall–Kier alpha value is -1.32. The van der Waals surface area contributed by atoms with Crippen molar-refractivity contribution >= 4 is 11.8 Å². The van der Waals surface area contributed by atoms with Crippen LogP contribution in [0.5, 0.6) is 0 Å². The van der Waals surface area contributed by atoms with E-state index in [2.05, 4.69) is 0 Å². The standard InChI is InChI=1S/C9H12O4/c1-3-7-8(9(11)12)6(10)4-5(2)13-7/h5H,3-4H2,1-2H3,(H,11,12). The van der Waals surface area contributed by atoms with E-state index in [4.69, 9.17) is 9.84 Å². The number of Topliss-reactive ketones (excluding diaryl/α,β-unsaturated/α-hetero) is 1. The van der Waals surface area contributed by atoms with Gasteiger partial charge in [0.05, 0.1) is 0 Å². The Morgan fingerprint density at radius 3 is 2.77 bits per heavy atom. The molecular formula is C9H12O4. The molecule has 0 aromatic rings. The van der Waals surface area contributed by atoms with Gasteiger partial charge < -0.3 is 9.84 Å². The number of carboxylic acids is 1. The fourth-order valence-electron chi connectivity index (χ4n) is 1.36. The van der Waals surface area contributed by atoms with Crippen LogP contribution in [-0.2, 0) is 14.3 Å². The highest BCUT2D eigenvalue weighted by atomic mass is 16.5. The molecule has 1 N–H and O–H groups in total. The largest absolute Gasteiger partial charge is 0.494 e. The van der Waals surface area contributed by atoms with Gasteiger partial charge >= 0.3 is 5.97 Å². The molecule has 4 heteroatoms. The number of ether oxygens (including phenoxy) is 1. The highest BCUT2D eigenvalue weighted by molar-refractivity contribution is 6.17. The van der Waals surface area contributed by atoms with Crippen molar-refractivity contribution in [3.8, 4) is 0 Å². The number of allylic oxidation sites excluding steroid dienone is 1. The second kappa shape index (κ2) is 3.60. The first-order valence-corrected chi connectivity index (χ1v) is 4.22. The van der Waals surface area contributed by atoms with Crippen LogP contribution in [0.2, 0.25) is 0 Å². The number of ketones is 1. The van der Waals surface area contributed by atoms with Gasteiger partial charge in [-0.25, -0.2) is 4.79 Å². The molecule has 0 radical (unpaired) electrons. The topological polar surface area (TPSA) is 63.6 Å². The van der Waals surface area contributed by atoms with E-state index >= 15 is 0 Å². The van der Waals surface area contributed by atoms with Gasteiger partial charge in [0, 0.05) is 12.8 Å². The zero-order valence-electron chi connectivity index (χ0n) is 7.66. The van der Waals surface area contributed by atoms with E-state index < -0.39 is 5.97 Å². The fraction of sp³-hybridized carbons (Fsp3) is 0.556. The van der Waals surface area contributed by atoms with Crippen LogP contribution in [-0.4, -0.2) is 23.0 Å². The Bertz CT molecular complexity index is 277. The van der Waals surface area contributed by atoms with Gasteiger partial charge in [-0.1, -0.05) is 6.92 Å². The van der Waals surface area contributed by atoms with Crippen molar-refractivity contribution in [2.45, 2.75) is 32.8 Å². The molecule has 13 heavy (non-hydrogen) atoms. The Morgan fingerprint density at radius 1 is 1.69 bits per heavy atom. The SMILES string of the molecule is CCC1=C(C(=O)O)C(=O)CC(C)O1. The van der Waals surface area contributed by atoms with Gasteiger partial charge in [0.1, 0.15) is 17.4 Å². The van der Waals surface area contributed by atoms with Crippen molar-refractivity contribution in [1.82, 2.24) is 0 Å². The molecule has 72 valence electrons. The smallest absolute Gasteiger partial charge is 0.342 e. The molecule has 0 aliphatic carbocycles. The first-order chi connectivity index (χ1) is 6.06. The first-order valence-electron chi connectivity index (χ1n) is 4.22. The molecular weight excluding hydrogens is 172 g/mol. The van der Waals surface area contributed by atoms with Crippen molar-refractivity contribution in [2.75, 3.05) is 0 Å². The van der Waals surface area contributed by atoms with Crippen LogP contribution in [0.1, 0.15) is 26.7 Å². The summed E-state index contributed by atoms with van der Waals surface area (Å²) in [5.74, 6) is -1.21. The number of aliphatic carboxylic acids is 1. The van der Waals surface area contributed by atoms with Crippen molar-refractivity contribution in [3.63, 3.8) is 0 Å². The maximum absolute atomic E-state index is 11.3. The Kier molecular flexibility index (Phi) is 2.70. The van der Waals surface area contributed by atoms with Crippen LogP contribution < -0.4 is 0 Å². The summed E-state index contributed by atoms with van der Waals surface area (Å²) in [5.41, 5.74) is -0.180. The van der Waals surface area contributed by atoms with Crippen LogP contribution >= 0.6 is 0 Å². The van der Waals surface area contributed by atoms with Gasteiger partial charge in [-0.3, -0.25) is 4.79 Å². The minimum absolute atomic E-state index is 0.158. The molecule has 0 spiro atoms. The van der Waals surface area contributed by atoms with Gasteiger partial charge in [-0.15, -0.1) is 0 Å². The monoisotopic (exact) mass is 184 g/mol. The van der Waals surface area contributed by atoms with Gasteiger partial charge in [0.2, 0.25) is 0 Å². The fourth-order valence-corrected chi connectivity index (χ4v) is 1.36. The molecule has 1 aliphatic heterocycles. The lowest BCUT2D eigenvalue weighted by Crippen LogP contribution is -2.27. The lowest BCUT2D eigenvalue weighted by molar-refractivity contribution is -0.136. The quantitative estimate of drug-likeness (QED) is 0.653. The molecule has 1 heterocycles. The predicted octanol–water partition coefficient (Wildman–Crippen LogP) is 1.11. The van der Waals surface area contributed by atoms with Crippen LogP contribution in [0.15, 0.2) is 11.3 Å². The van der Waals surface area contributed by atoms with E-state index in [1.165, 1.54) is 0 Å². The maximum atomic E-state index is 11.3. The van der Waals surface area contributed by atoms with Gasteiger partial charge in [-0.05, 0) is 6.92 Å². The summed E-state index contributed by atoms with van der Waals surface area (Å²) in [6.07, 6.45) is 0.397. The molecule has 0 aromatic heterocycles. The highest BCUT2D eigenvalue weighted by Crippen LogP contribution is 2.22. The summed E-state index contributed by atoms with van der Waals surface area (Å²) in [7, 11) is 0. The second-order valence-corrected chi connectivity index (χ2v) is 3.01. The lowest BCUT2D eigenvalue weighted by Gasteiger charge is -2.22. The Balaban J connectivity index is 3.06. The Labute approximate surface area is 76.2 Å². The van der Waals surface area contributed by atoms with Crippen LogP contribution in [0.25, 0.3) is 0 Å². The maximum Gasteiger partial charge on any atom is 0.342 e. The first kappa shape index (κ1) is 9.77. The second-order valence-electron chi connectivity index (χ2n) is 3.01. The van der Waals surface area contributed by atoms with E-state index in [0.29, 0.717) is 12.2 Å². The third kappa shape index (κ3) is 1.88. The summed E-state index contributed by atoms with van der Waals surface area (Å²) in [5, 5.41) is 8.74. The molecule has 1 unspecified atom stereocenters. The number of hydrogen-bond acceptors (Lipinski definition) is 3. The molecule has 1 atom stereocenters. The van der Waals surface area contributed by atoms with E-state index in [-0.39, 0.29) is 23.9 Å². The zero-order valence-corrected chi connectivity index (χ0v) is 7.66. The molecule has 0 fully saturated rings. The number of carbonyl (C=O) groups is 2. The number of carboxylic acid groups (broad SMARTS) is 1. The minimum atomic E-state index is -1.19. The van der Waals surface area contributed by atoms with Crippen LogP contribution in [0.4, 0.5) is 0 Å². The van der Waals surface area contributed by atoms with Crippen molar-refractivity contribution in [1.29, 1.82) is 0 Å². The average Bonchev–Trinajstić information content (AvgIpc) is 2.01. The lowest BCUT2D eigenvalue weighted by atomic mass is 10.0. The molecule has 1 rings (SSSR count). The van der Waals surface area contributed by atoms with E-state index in [9.17, 15) is 9.59 Å². The third-order valence-electron chi connectivity index (χ3n) is 1.91. The molecule has 1 aliphatic rings. The molecule has 0 saturated carbocycles. The molecule has 4 nitrogen and oxygen atoms in total. The third-order valence-corrected chi connectivity index (χ3v) is 1.91. The van der Waals surface area contributed by atoms with Crippen LogP contribution in [0, 0.1) is 0 Å². The zero-order chi connectivity index (χ0) is 10.0. The average molecular weight is 184 g/mol. The van der Waals surface area contributed by atoms with Crippen molar-refractivity contribution in [2.24, 2.45) is 0 Å². The summed E-state index contributed by atoms with van der Waals surface area (Å²) in [6.45, 7) is 3.52. The number of carbonyl (C=O) groups excluding carboxylic acids is 1. The number of rotatable bonds is 2. The molecule has 0 saturated heterocycles. The summed E-state index contributed by atoms with van der Waals surface area (Å²) in [6, 6.07) is 0. The van der Waals surface area contributed by atoms with Crippen LogP contribution in [0.3, 0.4) is 0 Å². The van der Waals surface area contributed by atoms with Crippen molar-refractivity contribution in [3.05, 3.63) is 11.3 Å². The highest BCUT2D eigenvalue weighted by Gasteiger charge is 2.30. The van der Waals surface area contributed by atoms with Gasteiger partial charge in [0.15, 0.2) is 5.78 Å². The van der Waals surface area contributed by atoms with Crippen molar-refractivity contribution < 1.29 is 19.4 Å². The van der Waals surface area contributed by atoms with E-state index in [1.807, 2.05) is 0 Å². The summed E-state index contributed by atoms with van der Waals surface area (Å²) in [4.78, 5) is 22.0. The molecule has 0 bridgehead atoms. The minimum Gasteiger partial charge on any atom is -0.494 e. The normalized spacial score (nSPS) is 22.9. The molecule has 0 amide bonds.